The smallest absolute Gasteiger partial charge is 0.301 e. The molecular weight excluding hydrogens is 582 g/mol. The Morgan fingerprint density at radius 2 is 1.83 bits per heavy atom. The fourth-order valence-electron chi connectivity index (χ4n) is 4.35. The first-order chi connectivity index (χ1) is 19.9. The Balaban J connectivity index is 1.53. The molecule has 3 aromatic carbocycles. The van der Waals surface area contributed by atoms with Gasteiger partial charge >= 0.3 is 5.91 Å². The minimum atomic E-state index is -0.949. The maximum atomic E-state index is 13.5. The summed E-state index contributed by atoms with van der Waals surface area (Å²) in [6.07, 6.45) is 0.859. The molecule has 0 saturated carbocycles. The van der Waals surface area contributed by atoms with Crippen molar-refractivity contribution in [2.24, 2.45) is 0 Å². The number of ketones is 1. The quantitative estimate of drug-likeness (QED) is 0.0682. The van der Waals surface area contributed by atoms with E-state index in [0.717, 1.165) is 12.0 Å². The zero-order valence-electron chi connectivity index (χ0n) is 22.2. The largest absolute Gasteiger partial charge is 0.507 e. The molecule has 1 fully saturated rings. The molecule has 2 heterocycles. The van der Waals surface area contributed by atoms with Gasteiger partial charge in [0, 0.05) is 16.3 Å². The number of methoxy groups -OCH3 is 1. The molecule has 1 N–H and O–H groups in total. The Kier molecular flexibility index (Phi) is 8.92. The minimum absolute atomic E-state index is 0.0500. The Hall–Kier alpha value is -3.86. The normalized spacial score (nSPS) is 16.3. The third kappa shape index (κ3) is 6.09. The van der Waals surface area contributed by atoms with Crippen LogP contribution in [-0.2, 0) is 15.3 Å². The molecule has 210 valence electrons. The average molecular weight is 608 g/mol. The molecular formula is C30H26ClN3O5S2. The molecule has 0 aliphatic carbocycles. The van der Waals surface area contributed by atoms with Gasteiger partial charge in [-0.2, -0.15) is 0 Å². The number of aromatic nitrogens is 2. The van der Waals surface area contributed by atoms with Crippen LogP contribution in [0.15, 0.2) is 82.7 Å². The second-order valence-corrected chi connectivity index (χ2v) is 11.6. The Morgan fingerprint density at radius 3 is 2.56 bits per heavy atom. The number of benzene rings is 3. The second-order valence-electron chi connectivity index (χ2n) is 9.05. The molecule has 1 amide bonds. The van der Waals surface area contributed by atoms with Crippen LogP contribution in [0.3, 0.4) is 0 Å². The first kappa shape index (κ1) is 28.7. The van der Waals surface area contributed by atoms with Gasteiger partial charge in [-0.25, -0.2) is 0 Å². The summed E-state index contributed by atoms with van der Waals surface area (Å²) < 4.78 is 11.6. The summed E-state index contributed by atoms with van der Waals surface area (Å²) in [4.78, 5) is 28.3. The van der Waals surface area contributed by atoms with E-state index in [1.54, 1.807) is 48.5 Å². The van der Waals surface area contributed by atoms with E-state index in [4.69, 9.17) is 21.1 Å². The number of rotatable bonds is 10. The summed E-state index contributed by atoms with van der Waals surface area (Å²) >= 11 is 8.91. The van der Waals surface area contributed by atoms with Crippen LogP contribution >= 0.6 is 34.7 Å². The molecule has 1 aliphatic heterocycles. The standard InChI is InChI=1S/C30H26ClN3O5S2/c1-3-15-39-21-13-11-18(12-14-21)26(35)24-25(19-8-6-9-22(16-19)38-2)34(28(37)27(24)36)29-32-33-30(41-29)40-17-20-7-4-5-10-23(20)31/h4-14,16,25,35H,3,15,17H2,1-2H3/b26-24-. The number of nitrogens with zero attached hydrogens (tertiary/aromatic N) is 3. The van der Waals surface area contributed by atoms with E-state index in [1.165, 1.54) is 35.1 Å². The predicted molar refractivity (Wildman–Crippen MR) is 161 cm³/mol. The highest BCUT2D eigenvalue weighted by atomic mass is 35.5. The van der Waals surface area contributed by atoms with E-state index in [0.29, 0.717) is 44.3 Å². The molecule has 4 aromatic rings. The van der Waals surface area contributed by atoms with Gasteiger partial charge in [-0.3, -0.25) is 14.5 Å². The van der Waals surface area contributed by atoms with Crippen LogP contribution in [0.4, 0.5) is 5.13 Å². The van der Waals surface area contributed by atoms with Gasteiger partial charge in [0.15, 0.2) is 4.34 Å². The number of aliphatic hydroxyl groups is 1. The fraction of sp³-hybridized carbons (Fsp3) is 0.200. The first-order valence-electron chi connectivity index (χ1n) is 12.8. The number of ether oxygens (including phenoxy) is 2. The Bertz CT molecular complexity index is 1610. The Morgan fingerprint density at radius 1 is 1.05 bits per heavy atom. The molecule has 1 atom stereocenters. The monoisotopic (exact) mass is 607 g/mol. The number of thioether (sulfide) groups is 1. The lowest BCUT2D eigenvalue weighted by atomic mass is 9.95. The van der Waals surface area contributed by atoms with Crippen molar-refractivity contribution in [1.82, 2.24) is 10.2 Å². The molecule has 11 heteroatoms. The summed E-state index contributed by atoms with van der Waals surface area (Å²) in [7, 11) is 1.53. The van der Waals surface area contributed by atoms with E-state index in [2.05, 4.69) is 10.2 Å². The number of aliphatic hydroxyl groups excluding tert-OH is 1. The number of anilines is 1. The molecule has 41 heavy (non-hydrogen) atoms. The summed E-state index contributed by atoms with van der Waals surface area (Å²) in [5.74, 6) is -0.172. The SMILES string of the molecule is CCCOc1ccc(/C(O)=C2/C(=O)C(=O)N(c3nnc(SCc4ccccc4Cl)s3)C2c2cccc(OC)c2)cc1. The van der Waals surface area contributed by atoms with Gasteiger partial charge in [0.1, 0.15) is 17.3 Å². The molecule has 0 radical (unpaired) electrons. The number of amides is 1. The zero-order valence-corrected chi connectivity index (χ0v) is 24.6. The molecule has 1 saturated heterocycles. The molecule has 0 bridgehead atoms. The van der Waals surface area contributed by atoms with Gasteiger partial charge < -0.3 is 14.6 Å². The minimum Gasteiger partial charge on any atom is -0.507 e. The molecule has 1 aromatic heterocycles. The summed E-state index contributed by atoms with van der Waals surface area (Å²) in [5, 5.41) is 20.8. The third-order valence-corrected chi connectivity index (χ3v) is 8.84. The fourth-order valence-corrected chi connectivity index (χ4v) is 6.51. The zero-order chi connectivity index (χ0) is 28.9. The Labute approximate surface area is 250 Å². The number of Topliss-reactive ketones (excluding diaryl/α,β-unsaturated/α-hetero) is 1. The van der Waals surface area contributed by atoms with Gasteiger partial charge in [-0.1, -0.05) is 72.0 Å². The topological polar surface area (TPSA) is 102 Å². The number of hydrogen-bond acceptors (Lipinski definition) is 9. The van der Waals surface area contributed by atoms with E-state index >= 15 is 0 Å². The van der Waals surface area contributed by atoms with Crippen molar-refractivity contribution in [2.45, 2.75) is 29.5 Å². The van der Waals surface area contributed by atoms with Crippen molar-refractivity contribution in [2.75, 3.05) is 18.6 Å². The van der Waals surface area contributed by atoms with Gasteiger partial charge in [-0.15, -0.1) is 10.2 Å². The van der Waals surface area contributed by atoms with Gasteiger partial charge in [0.2, 0.25) is 5.13 Å². The van der Waals surface area contributed by atoms with E-state index in [1.807, 2.05) is 31.2 Å². The van der Waals surface area contributed by atoms with Crippen LogP contribution in [-0.4, -0.2) is 40.7 Å². The number of carbonyl (C=O) groups excluding carboxylic acids is 2. The van der Waals surface area contributed by atoms with Crippen molar-refractivity contribution in [1.29, 1.82) is 0 Å². The van der Waals surface area contributed by atoms with E-state index in [-0.39, 0.29) is 16.5 Å². The number of hydrogen-bond donors (Lipinski definition) is 1. The van der Waals surface area contributed by atoms with Crippen molar-refractivity contribution in [3.8, 4) is 11.5 Å². The molecule has 1 aliphatic rings. The van der Waals surface area contributed by atoms with Gasteiger partial charge in [0.25, 0.3) is 5.78 Å². The lowest BCUT2D eigenvalue weighted by molar-refractivity contribution is -0.132. The van der Waals surface area contributed by atoms with E-state index < -0.39 is 17.7 Å². The highest BCUT2D eigenvalue weighted by Crippen LogP contribution is 2.44. The number of carbonyl (C=O) groups is 2. The predicted octanol–water partition coefficient (Wildman–Crippen LogP) is 6.91. The van der Waals surface area contributed by atoms with Crippen LogP contribution in [0.2, 0.25) is 5.02 Å². The highest BCUT2D eigenvalue weighted by molar-refractivity contribution is 8.00. The molecule has 8 nitrogen and oxygen atoms in total. The van der Waals surface area contributed by atoms with Crippen LogP contribution in [0.1, 0.15) is 36.1 Å². The number of halogens is 1. The summed E-state index contributed by atoms with van der Waals surface area (Å²) in [5.41, 5.74) is 1.85. The first-order valence-corrected chi connectivity index (χ1v) is 15.0. The molecule has 0 spiro atoms. The lowest BCUT2D eigenvalue weighted by Gasteiger charge is -2.23. The van der Waals surface area contributed by atoms with Gasteiger partial charge in [0.05, 0.1) is 25.3 Å². The van der Waals surface area contributed by atoms with Crippen molar-refractivity contribution in [3.05, 3.63) is 100 Å². The van der Waals surface area contributed by atoms with Crippen molar-refractivity contribution < 1.29 is 24.2 Å². The average Bonchev–Trinajstić information content (AvgIpc) is 3.57. The summed E-state index contributed by atoms with van der Waals surface area (Å²) in [6, 6.07) is 20.4. The molecule has 1 unspecified atom stereocenters. The van der Waals surface area contributed by atoms with Crippen LogP contribution in [0.5, 0.6) is 11.5 Å². The highest BCUT2D eigenvalue weighted by Gasteiger charge is 2.48. The maximum Gasteiger partial charge on any atom is 0.301 e. The van der Waals surface area contributed by atoms with Gasteiger partial charge in [-0.05, 0) is 60.0 Å². The maximum absolute atomic E-state index is 13.5. The third-order valence-electron chi connectivity index (χ3n) is 6.37. The van der Waals surface area contributed by atoms with Crippen LogP contribution < -0.4 is 14.4 Å². The van der Waals surface area contributed by atoms with Crippen LogP contribution in [0.25, 0.3) is 5.76 Å². The summed E-state index contributed by atoms with van der Waals surface area (Å²) in [6.45, 7) is 2.57. The van der Waals surface area contributed by atoms with Crippen LogP contribution in [0, 0.1) is 0 Å². The van der Waals surface area contributed by atoms with E-state index in [9.17, 15) is 14.7 Å². The second kappa shape index (κ2) is 12.8. The van der Waals surface area contributed by atoms with Crippen molar-refractivity contribution >= 4 is 57.3 Å². The lowest BCUT2D eigenvalue weighted by Crippen LogP contribution is -2.29. The molecule has 5 rings (SSSR count). The van der Waals surface area contributed by atoms with Crippen molar-refractivity contribution in [3.63, 3.8) is 0 Å².